The zero-order chi connectivity index (χ0) is 17.8. The number of hydrogen-bond acceptors (Lipinski definition) is 6. The van der Waals surface area contributed by atoms with Crippen LogP contribution in [0.5, 0.6) is 0 Å². The second-order valence-corrected chi connectivity index (χ2v) is 6.70. The van der Waals surface area contributed by atoms with Gasteiger partial charge in [0.05, 0.1) is 23.7 Å². The van der Waals surface area contributed by atoms with Gasteiger partial charge in [-0.2, -0.15) is 4.68 Å². The van der Waals surface area contributed by atoms with Gasteiger partial charge in [-0.05, 0) is 60.5 Å². The molecule has 1 atom stereocenters. The number of thioether (sulfide) groups is 1. The summed E-state index contributed by atoms with van der Waals surface area (Å²) in [6, 6.07) is 9.54. The first-order chi connectivity index (χ1) is 12.0. The summed E-state index contributed by atoms with van der Waals surface area (Å²) in [7, 11) is 0. The van der Waals surface area contributed by atoms with Crippen molar-refractivity contribution in [1.29, 1.82) is 0 Å². The molecule has 0 radical (unpaired) electrons. The smallest absolute Gasteiger partial charge is 0.231 e. The molecule has 0 aliphatic heterocycles. The summed E-state index contributed by atoms with van der Waals surface area (Å²) in [5.41, 5.74) is 3.10. The molecule has 1 aromatic carbocycles. The highest BCUT2D eigenvalue weighted by molar-refractivity contribution is 7.99. The lowest BCUT2D eigenvalue weighted by Gasteiger charge is -2.11. The predicted octanol–water partition coefficient (Wildman–Crippen LogP) is 2.84. The number of benzene rings is 1. The van der Waals surface area contributed by atoms with Crippen LogP contribution in [-0.4, -0.2) is 31.9 Å². The first-order valence-electron chi connectivity index (χ1n) is 7.86. The molecule has 7 nitrogen and oxygen atoms in total. The summed E-state index contributed by atoms with van der Waals surface area (Å²) in [6.45, 7) is 5.90. The van der Waals surface area contributed by atoms with E-state index in [1.165, 1.54) is 11.8 Å². The first-order valence-corrected chi connectivity index (χ1v) is 8.84. The zero-order valence-corrected chi connectivity index (χ0v) is 15.1. The predicted molar refractivity (Wildman–Crippen MR) is 94.6 cm³/mol. The molecule has 130 valence electrons. The van der Waals surface area contributed by atoms with E-state index >= 15 is 0 Å². The summed E-state index contributed by atoms with van der Waals surface area (Å²) in [5, 5.41) is 15.3. The molecule has 0 unspecified atom stereocenters. The molecule has 0 aliphatic carbocycles. The van der Waals surface area contributed by atoms with Gasteiger partial charge in [-0.15, -0.1) is 5.10 Å². The average molecular weight is 357 g/mol. The van der Waals surface area contributed by atoms with Crippen molar-refractivity contribution in [3.63, 3.8) is 0 Å². The zero-order valence-electron chi connectivity index (χ0n) is 14.3. The van der Waals surface area contributed by atoms with Gasteiger partial charge in [0.1, 0.15) is 5.76 Å². The molecule has 0 aliphatic rings. The highest BCUT2D eigenvalue weighted by Gasteiger charge is 2.15. The van der Waals surface area contributed by atoms with Gasteiger partial charge in [0, 0.05) is 0 Å². The largest absolute Gasteiger partial charge is 0.467 e. The van der Waals surface area contributed by atoms with Crippen molar-refractivity contribution in [2.75, 3.05) is 5.75 Å². The Bertz CT molecular complexity index is 860. The lowest BCUT2D eigenvalue weighted by Crippen LogP contribution is -2.28. The maximum absolute atomic E-state index is 12.2. The topological polar surface area (TPSA) is 85.8 Å². The monoisotopic (exact) mass is 357 g/mol. The second-order valence-electron chi connectivity index (χ2n) is 5.76. The Hall–Kier alpha value is -2.61. The van der Waals surface area contributed by atoms with E-state index in [-0.39, 0.29) is 17.7 Å². The van der Waals surface area contributed by atoms with Gasteiger partial charge >= 0.3 is 0 Å². The summed E-state index contributed by atoms with van der Waals surface area (Å²) in [6.07, 6.45) is 1.59. The second kappa shape index (κ2) is 7.52. The van der Waals surface area contributed by atoms with E-state index in [1.807, 2.05) is 45.0 Å². The summed E-state index contributed by atoms with van der Waals surface area (Å²) >= 11 is 1.29. The molecular formula is C17H19N5O2S. The van der Waals surface area contributed by atoms with Crippen LogP contribution in [0.2, 0.25) is 0 Å². The Labute approximate surface area is 149 Å². The maximum atomic E-state index is 12.2. The lowest BCUT2D eigenvalue weighted by atomic mass is 10.1. The molecule has 3 aromatic rings. The van der Waals surface area contributed by atoms with Crippen molar-refractivity contribution < 1.29 is 9.21 Å². The molecular weight excluding hydrogens is 338 g/mol. The number of nitrogens with zero attached hydrogens (tertiary/aromatic N) is 4. The molecule has 0 saturated carbocycles. The summed E-state index contributed by atoms with van der Waals surface area (Å²) < 4.78 is 6.95. The number of furan rings is 1. The molecule has 1 N–H and O–H groups in total. The van der Waals surface area contributed by atoms with Crippen molar-refractivity contribution in [1.82, 2.24) is 25.5 Å². The molecule has 2 heterocycles. The van der Waals surface area contributed by atoms with E-state index in [0.29, 0.717) is 5.16 Å². The number of nitrogens with one attached hydrogen (secondary N) is 1. The van der Waals surface area contributed by atoms with Crippen LogP contribution in [0.3, 0.4) is 0 Å². The van der Waals surface area contributed by atoms with Crippen LogP contribution >= 0.6 is 11.8 Å². The van der Waals surface area contributed by atoms with Crippen molar-refractivity contribution >= 4 is 17.7 Å². The standard InChI is InChI=1S/C17H19N5O2S/c1-11-6-7-12(2)14(9-11)22-17(19-20-21-22)25-10-16(23)18-13(3)15-5-4-8-24-15/h4-9,13H,10H2,1-3H3,(H,18,23)/t13-/m0/s1. The lowest BCUT2D eigenvalue weighted by molar-refractivity contribution is -0.119. The normalized spacial score (nSPS) is 12.1. The van der Waals surface area contributed by atoms with Gasteiger partial charge in [-0.1, -0.05) is 23.9 Å². The molecule has 2 aromatic heterocycles. The molecule has 0 bridgehead atoms. The van der Waals surface area contributed by atoms with Gasteiger partial charge in [0.15, 0.2) is 0 Å². The minimum atomic E-state index is -0.182. The van der Waals surface area contributed by atoms with E-state index in [2.05, 4.69) is 20.8 Å². The SMILES string of the molecule is Cc1ccc(C)c(-n2nnnc2SCC(=O)N[C@@H](C)c2ccco2)c1. The summed E-state index contributed by atoms with van der Waals surface area (Å²) in [5.74, 6) is 0.832. The minimum absolute atomic E-state index is 0.107. The molecule has 0 spiro atoms. The third kappa shape index (κ3) is 4.08. The Morgan fingerprint density at radius 2 is 2.20 bits per heavy atom. The van der Waals surface area contributed by atoms with Gasteiger partial charge in [-0.25, -0.2) is 0 Å². The van der Waals surface area contributed by atoms with E-state index in [0.717, 1.165) is 22.6 Å². The van der Waals surface area contributed by atoms with Crippen LogP contribution in [0, 0.1) is 13.8 Å². The van der Waals surface area contributed by atoms with Crippen molar-refractivity contribution in [2.45, 2.75) is 32.0 Å². The Morgan fingerprint density at radius 3 is 2.96 bits per heavy atom. The molecule has 3 rings (SSSR count). The number of hydrogen-bond donors (Lipinski definition) is 1. The van der Waals surface area contributed by atoms with Crippen molar-refractivity contribution in [2.24, 2.45) is 0 Å². The van der Waals surface area contributed by atoms with Crippen LogP contribution < -0.4 is 5.32 Å². The van der Waals surface area contributed by atoms with Crippen LogP contribution in [-0.2, 0) is 4.79 Å². The van der Waals surface area contributed by atoms with Gasteiger partial charge < -0.3 is 9.73 Å². The number of aromatic nitrogens is 4. The molecule has 1 amide bonds. The highest BCUT2D eigenvalue weighted by Crippen LogP contribution is 2.22. The maximum Gasteiger partial charge on any atom is 0.231 e. The number of rotatable bonds is 6. The van der Waals surface area contributed by atoms with E-state index in [9.17, 15) is 4.79 Å². The molecule has 8 heteroatoms. The number of carbonyl (C=O) groups excluding carboxylic acids is 1. The Kier molecular flexibility index (Phi) is 5.18. The average Bonchev–Trinajstić information content (AvgIpc) is 3.26. The Balaban J connectivity index is 1.65. The van der Waals surface area contributed by atoms with E-state index in [4.69, 9.17) is 4.42 Å². The van der Waals surface area contributed by atoms with Crippen LogP contribution in [0.1, 0.15) is 29.9 Å². The van der Waals surface area contributed by atoms with Crippen molar-refractivity contribution in [3.05, 3.63) is 53.5 Å². The molecule has 25 heavy (non-hydrogen) atoms. The van der Waals surface area contributed by atoms with E-state index < -0.39 is 0 Å². The highest BCUT2D eigenvalue weighted by atomic mass is 32.2. The molecule has 0 saturated heterocycles. The molecule has 0 fully saturated rings. The van der Waals surface area contributed by atoms with Gasteiger partial charge in [0.25, 0.3) is 0 Å². The van der Waals surface area contributed by atoms with Crippen LogP contribution in [0.15, 0.2) is 46.2 Å². The van der Waals surface area contributed by atoms with Crippen LogP contribution in [0.25, 0.3) is 5.69 Å². The van der Waals surface area contributed by atoms with Crippen molar-refractivity contribution in [3.8, 4) is 5.69 Å². The number of carbonyl (C=O) groups is 1. The number of amides is 1. The Morgan fingerprint density at radius 1 is 1.36 bits per heavy atom. The van der Waals surface area contributed by atoms with E-state index in [1.54, 1.807) is 17.0 Å². The van der Waals surface area contributed by atoms with Gasteiger partial charge in [0.2, 0.25) is 11.1 Å². The number of tetrazole rings is 1. The third-order valence-electron chi connectivity index (χ3n) is 3.71. The first kappa shape index (κ1) is 17.2. The quantitative estimate of drug-likeness (QED) is 0.683. The summed E-state index contributed by atoms with van der Waals surface area (Å²) in [4.78, 5) is 12.2. The third-order valence-corrected chi connectivity index (χ3v) is 4.63. The van der Waals surface area contributed by atoms with Gasteiger partial charge in [-0.3, -0.25) is 4.79 Å². The fourth-order valence-corrected chi connectivity index (χ4v) is 3.08. The minimum Gasteiger partial charge on any atom is -0.467 e. The fraction of sp³-hybridized carbons (Fsp3) is 0.294. The van der Waals surface area contributed by atoms with Crippen LogP contribution in [0.4, 0.5) is 0 Å². The fourth-order valence-electron chi connectivity index (χ4n) is 2.39. The number of aryl methyl sites for hydroxylation is 2.